The van der Waals surface area contributed by atoms with Crippen LogP contribution >= 0.6 is 11.3 Å². The van der Waals surface area contributed by atoms with Crippen LogP contribution in [0.25, 0.3) is 6.08 Å². The molecule has 3 aromatic rings. The maximum absolute atomic E-state index is 11.9. The van der Waals surface area contributed by atoms with Gasteiger partial charge in [0.1, 0.15) is 17.4 Å². The fourth-order valence-electron chi connectivity index (χ4n) is 5.42. The van der Waals surface area contributed by atoms with Crippen molar-refractivity contribution in [3.05, 3.63) is 87.4 Å². The molecule has 1 aliphatic carbocycles. The van der Waals surface area contributed by atoms with Gasteiger partial charge in [-0.15, -0.1) is 17.3 Å². The molecule has 1 atom stereocenters. The Morgan fingerprint density at radius 2 is 1.95 bits per heavy atom. The quantitative estimate of drug-likeness (QED) is 0.240. The number of carbonyl (C=O) groups excluding carboxylic acids is 1. The molecule has 0 N–H and O–H groups in total. The molecule has 0 saturated carbocycles. The normalized spacial score (nSPS) is 16.5. The molecular formula is C32H34N2O3S. The first-order chi connectivity index (χ1) is 18.6. The minimum atomic E-state index is -0.230. The summed E-state index contributed by atoms with van der Waals surface area (Å²) in [5.74, 6) is 6.41. The largest absolute Gasteiger partial charge is 0.488 e. The number of carbonyl (C=O) groups is 1. The third-order valence-corrected chi connectivity index (χ3v) is 8.40. The van der Waals surface area contributed by atoms with Crippen LogP contribution in [0.3, 0.4) is 0 Å². The van der Waals surface area contributed by atoms with Crippen LogP contribution < -0.4 is 4.74 Å². The predicted octanol–water partition coefficient (Wildman–Crippen LogP) is 6.34. The number of thiazole rings is 1. The minimum Gasteiger partial charge on any atom is -0.488 e. The fourth-order valence-corrected chi connectivity index (χ4v) is 6.30. The van der Waals surface area contributed by atoms with Crippen molar-refractivity contribution >= 4 is 23.4 Å². The molecule has 2 heterocycles. The smallest absolute Gasteiger partial charge is 0.307 e. The summed E-state index contributed by atoms with van der Waals surface area (Å²) in [6, 6.07) is 16.6. The average molecular weight is 527 g/mol. The maximum Gasteiger partial charge on any atom is 0.307 e. The van der Waals surface area contributed by atoms with E-state index in [1.807, 2.05) is 37.4 Å². The molecule has 1 fully saturated rings. The Balaban J connectivity index is 1.11. The van der Waals surface area contributed by atoms with E-state index in [1.165, 1.54) is 11.1 Å². The number of aromatic nitrogens is 1. The van der Waals surface area contributed by atoms with Crippen molar-refractivity contribution in [1.29, 1.82) is 0 Å². The van der Waals surface area contributed by atoms with Crippen molar-refractivity contribution in [1.82, 2.24) is 9.88 Å². The number of ether oxygens (including phenoxy) is 2. The van der Waals surface area contributed by atoms with Crippen LogP contribution in [-0.4, -0.2) is 35.5 Å². The van der Waals surface area contributed by atoms with Crippen LogP contribution in [0.4, 0.5) is 0 Å². The molecule has 2 aliphatic rings. The molecule has 1 spiro atoms. The zero-order chi connectivity index (χ0) is 26.4. The van der Waals surface area contributed by atoms with E-state index in [0.29, 0.717) is 13.2 Å². The molecule has 0 unspecified atom stereocenters. The van der Waals surface area contributed by atoms with E-state index in [0.717, 1.165) is 53.7 Å². The molecule has 1 aliphatic heterocycles. The lowest BCUT2D eigenvalue weighted by Gasteiger charge is -2.39. The summed E-state index contributed by atoms with van der Waals surface area (Å²) in [5, 5.41) is 1.14. The van der Waals surface area contributed by atoms with Crippen LogP contribution in [-0.2, 0) is 28.1 Å². The summed E-state index contributed by atoms with van der Waals surface area (Å²) in [6.45, 7) is 7.51. The fraction of sp³-hybridized carbons (Fsp3) is 0.375. The Hall–Kier alpha value is -3.40. The molecule has 196 valence electrons. The van der Waals surface area contributed by atoms with E-state index in [-0.39, 0.29) is 23.7 Å². The van der Waals surface area contributed by atoms with Crippen LogP contribution in [0.1, 0.15) is 65.6 Å². The van der Waals surface area contributed by atoms with Gasteiger partial charge in [-0.25, -0.2) is 4.98 Å². The van der Waals surface area contributed by atoms with Gasteiger partial charge in [0, 0.05) is 11.6 Å². The standard InChI is InChI=1S/C32H34N2O3S/c1-3-7-26(20-31(35)36-4-2)24-10-12-27(13-11-24)37-23-28-21-33-30(38-28)22-34-18-16-32(17-19-34)15-14-25-8-5-6-9-29(25)32/h5-6,8-15,21,26H,4,16-20,22-23H2,1-2H3/t26-/m0/s1. The van der Waals surface area contributed by atoms with E-state index >= 15 is 0 Å². The van der Waals surface area contributed by atoms with Crippen LogP contribution in [0, 0.1) is 11.8 Å². The van der Waals surface area contributed by atoms with Gasteiger partial charge in [0.05, 0.1) is 30.4 Å². The molecule has 0 amide bonds. The molecular weight excluding hydrogens is 492 g/mol. The molecule has 38 heavy (non-hydrogen) atoms. The number of esters is 1. The first-order valence-electron chi connectivity index (χ1n) is 13.3. The minimum absolute atomic E-state index is 0.179. The molecule has 0 radical (unpaired) electrons. The van der Waals surface area contributed by atoms with Gasteiger partial charge in [-0.05, 0) is 68.6 Å². The lowest BCUT2D eigenvalue weighted by atomic mass is 9.74. The molecule has 5 rings (SSSR count). The van der Waals surface area contributed by atoms with Gasteiger partial charge in [0.15, 0.2) is 0 Å². The second kappa shape index (κ2) is 12.0. The van der Waals surface area contributed by atoms with Crippen LogP contribution in [0.15, 0.2) is 60.8 Å². The second-order valence-electron chi connectivity index (χ2n) is 9.89. The number of piperidine rings is 1. The molecule has 6 heteroatoms. The third kappa shape index (κ3) is 6.01. The van der Waals surface area contributed by atoms with E-state index in [9.17, 15) is 4.79 Å². The predicted molar refractivity (Wildman–Crippen MR) is 152 cm³/mol. The lowest BCUT2D eigenvalue weighted by Crippen LogP contribution is -2.40. The summed E-state index contributed by atoms with van der Waals surface area (Å²) in [5.41, 5.74) is 4.08. The summed E-state index contributed by atoms with van der Waals surface area (Å²) in [7, 11) is 0. The average Bonchev–Trinajstić information content (AvgIpc) is 3.54. The van der Waals surface area contributed by atoms with E-state index < -0.39 is 0 Å². The lowest BCUT2D eigenvalue weighted by molar-refractivity contribution is -0.143. The summed E-state index contributed by atoms with van der Waals surface area (Å²) in [4.78, 5) is 20.2. The number of nitrogens with zero attached hydrogens (tertiary/aromatic N) is 2. The number of likely N-dealkylation sites (tertiary alicyclic amines) is 1. The van der Waals surface area contributed by atoms with E-state index in [4.69, 9.17) is 9.47 Å². The van der Waals surface area contributed by atoms with Gasteiger partial charge in [-0.1, -0.05) is 54.5 Å². The first-order valence-corrected chi connectivity index (χ1v) is 14.2. The molecule has 1 aromatic heterocycles. The van der Waals surface area contributed by atoms with E-state index in [2.05, 4.69) is 58.1 Å². The Bertz CT molecular complexity index is 1340. The number of hydrogen-bond donors (Lipinski definition) is 0. The van der Waals surface area contributed by atoms with Crippen molar-refractivity contribution in [2.75, 3.05) is 19.7 Å². The Kier molecular flexibility index (Phi) is 8.26. The summed E-state index contributed by atoms with van der Waals surface area (Å²) >= 11 is 1.72. The maximum atomic E-state index is 11.9. The Morgan fingerprint density at radius 3 is 2.71 bits per heavy atom. The SMILES string of the molecule is CC#C[C@@H](CC(=O)OCC)c1ccc(OCc2cnc(CN3CCC4(C=Cc5ccccc54)CC3)s2)cc1. The number of fused-ring (bicyclic) bond motifs is 2. The topological polar surface area (TPSA) is 51.7 Å². The highest BCUT2D eigenvalue weighted by Gasteiger charge is 2.37. The highest BCUT2D eigenvalue weighted by molar-refractivity contribution is 7.11. The highest BCUT2D eigenvalue weighted by atomic mass is 32.1. The van der Waals surface area contributed by atoms with Crippen LogP contribution in [0.5, 0.6) is 5.75 Å². The Morgan fingerprint density at radius 1 is 1.16 bits per heavy atom. The van der Waals surface area contributed by atoms with Gasteiger partial charge in [0.25, 0.3) is 0 Å². The molecule has 0 bridgehead atoms. The van der Waals surface area contributed by atoms with Crippen molar-refractivity contribution < 1.29 is 14.3 Å². The monoisotopic (exact) mass is 526 g/mol. The van der Waals surface area contributed by atoms with Gasteiger partial charge in [-0.3, -0.25) is 9.69 Å². The zero-order valence-electron chi connectivity index (χ0n) is 22.1. The van der Waals surface area contributed by atoms with Gasteiger partial charge in [-0.2, -0.15) is 0 Å². The van der Waals surface area contributed by atoms with Crippen molar-refractivity contribution in [2.45, 2.75) is 57.6 Å². The third-order valence-electron chi connectivity index (χ3n) is 7.45. The zero-order valence-corrected chi connectivity index (χ0v) is 22.9. The second-order valence-corrected chi connectivity index (χ2v) is 11.1. The molecule has 1 saturated heterocycles. The van der Waals surface area contributed by atoms with Crippen molar-refractivity contribution in [3.63, 3.8) is 0 Å². The highest BCUT2D eigenvalue weighted by Crippen LogP contribution is 2.43. The van der Waals surface area contributed by atoms with Gasteiger partial charge in [0.2, 0.25) is 0 Å². The van der Waals surface area contributed by atoms with Crippen molar-refractivity contribution in [2.24, 2.45) is 0 Å². The van der Waals surface area contributed by atoms with Gasteiger partial charge < -0.3 is 9.47 Å². The first kappa shape index (κ1) is 26.2. The molecule has 5 nitrogen and oxygen atoms in total. The Labute approximate surface area is 229 Å². The van der Waals surface area contributed by atoms with Gasteiger partial charge >= 0.3 is 5.97 Å². The molecule has 2 aromatic carbocycles. The number of hydrogen-bond acceptors (Lipinski definition) is 6. The number of rotatable bonds is 9. The summed E-state index contributed by atoms with van der Waals surface area (Å²) in [6.07, 6.45) is 9.22. The number of benzene rings is 2. The van der Waals surface area contributed by atoms with Crippen LogP contribution in [0.2, 0.25) is 0 Å². The summed E-state index contributed by atoms with van der Waals surface area (Å²) < 4.78 is 11.1. The number of allylic oxidation sites excluding steroid dienone is 1. The van der Waals surface area contributed by atoms with Crippen molar-refractivity contribution in [3.8, 4) is 17.6 Å². The van der Waals surface area contributed by atoms with E-state index in [1.54, 1.807) is 18.3 Å².